The number of nitrogens with zero attached hydrogens (tertiary/aromatic N) is 1. The van der Waals surface area contributed by atoms with Gasteiger partial charge in [0.1, 0.15) is 18.1 Å². The monoisotopic (exact) mass is 645 g/mol. The summed E-state index contributed by atoms with van der Waals surface area (Å²) in [5.41, 5.74) is 5.18. The molecule has 4 aromatic rings. The molecule has 0 amide bonds. The van der Waals surface area contributed by atoms with Gasteiger partial charge in [-0.2, -0.15) is 0 Å². The number of hydrogen-bond donors (Lipinski definition) is 2. The van der Waals surface area contributed by atoms with Gasteiger partial charge in [0.15, 0.2) is 11.6 Å². The van der Waals surface area contributed by atoms with Gasteiger partial charge in [-0.15, -0.1) is 0 Å². The number of ketones is 2. The molecule has 3 aromatic carbocycles. The Morgan fingerprint density at radius 2 is 1.70 bits per heavy atom. The number of carbonyl (C=O) groups is 2. The Hall–Kier alpha value is -4.50. The molecule has 1 saturated heterocycles. The van der Waals surface area contributed by atoms with Gasteiger partial charge in [-0.05, 0) is 102 Å². The van der Waals surface area contributed by atoms with Crippen LogP contribution in [0.1, 0.15) is 51.2 Å². The number of rotatable bonds is 8. The van der Waals surface area contributed by atoms with Crippen LogP contribution in [0.4, 0.5) is 0 Å². The number of fused-ring (bicyclic) bond motifs is 4. The highest BCUT2D eigenvalue weighted by Crippen LogP contribution is 2.51. The van der Waals surface area contributed by atoms with Crippen LogP contribution in [-0.4, -0.2) is 46.5 Å². The highest BCUT2D eigenvalue weighted by molar-refractivity contribution is 6.43. The van der Waals surface area contributed by atoms with E-state index < -0.39 is 25.1 Å². The first-order valence-electron chi connectivity index (χ1n) is 15.9. The average molecular weight is 646 g/mol. The lowest BCUT2D eigenvalue weighted by Crippen LogP contribution is -2.51. The van der Waals surface area contributed by atoms with E-state index in [-0.39, 0.29) is 36.2 Å². The van der Waals surface area contributed by atoms with E-state index in [2.05, 4.69) is 4.98 Å². The minimum Gasteiger partial charge on any atom is -0.508 e. The Morgan fingerprint density at radius 3 is 2.45 bits per heavy atom. The summed E-state index contributed by atoms with van der Waals surface area (Å²) in [5.74, 6) is -0.814. The highest BCUT2D eigenvalue weighted by Gasteiger charge is 2.53. The molecule has 1 aliphatic heterocycles. The number of allylic oxidation sites excluding steroid dienone is 1. The van der Waals surface area contributed by atoms with Crippen molar-refractivity contribution in [2.45, 2.75) is 31.7 Å². The van der Waals surface area contributed by atoms with E-state index in [1.165, 1.54) is 6.07 Å². The zero-order chi connectivity index (χ0) is 32.5. The van der Waals surface area contributed by atoms with E-state index in [0.29, 0.717) is 41.2 Å². The van der Waals surface area contributed by atoms with Crippen LogP contribution in [0.25, 0.3) is 11.6 Å². The summed E-state index contributed by atoms with van der Waals surface area (Å²) in [6, 6.07) is 27.1. The molecule has 4 atom stereocenters. The first-order valence-corrected chi connectivity index (χ1v) is 16.3. The number of hydrogen-bond acceptors (Lipinski definition) is 7. The van der Waals surface area contributed by atoms with Crippen molar-refractivity contribution in [3.05, 3.63) is 136 Å². The van der Waals surface area contributed by atoms with Gasteiger partial charge in [0.25, 0.3) is 0 Å². The molecular weight excluding hydrogens is 613 g/mol. The van der Waals surface area contributed by atoms with Gasteiger partial charge < -0.3 is 19.5 Å². The van der Waals surface area contributed by atoms with E-state index >= 15 is 0 Å². The third-order valence-electron chi connectivity index (χ3n) is 9.50. The number of aromatic hydroxyl groups is 1. The molecule has 0 unspecified atom stereocenters. The summed E-state index contributed by atoms with van der Waals surface area (Å²) in [5, 5.41) is 21.4. The van der Waals surface area contributed by atoms with Crippen LogP contribution < -0.4 is 4.74 Å². The van der Waals surface area contributed by atoms with Gasteiger partial charge in [0.05, 0.1) is 16.8 Å². The number of para-hydroxylation sites is 1. The summed E-state index contributed by atoms with van der Waals surface area (Å²) >= 11 is 6.49. The second-order valence-corrected chi connectivity index (χ2v) is 12.7. The predicted molar refractivity (Wildman–Crippen MR) is 181 cm³/mol. The third-order valence-corrected chi connectivity index (χ3v) is 9.83. The Labute approximate surface area is 278 Å². The number of benzene rings is 3. The summed E-state index contributed by atoms with van der Waals surface area (Å²) in [6.07, 6.45) is 4.74. The van der Waals surface area contributed by atoms with Crippen LogP contribution in [-0.2, 0) is 4.65 Å². The number of carbonyl (C=O) groups excluding carboxylic acids is 2. The normalized spacial score (nSPS) is 22.4. The Bertz CT molecular complexity index is 1880. The van der Waals surface area contributed by atoms with E-state index in [0.717, 1.165) is 28.0 Å². The lowest BCUT2D eigenvalue weighted by atomic mass is 9.54. The molecule has 0 radical (unpaired) electrons. The minimum atomic E-state index is -1.10. The predicted octanol–water partition coefficient (Wildman–Crippen LogP) is 7.35. The van der Waals surface area contributed by atoms with Crippen LogP contribution in [0.15, 0.2) is 108 Å². The van der Waals surface area contributed by atoms with Crippen molar-refractivity contribution in [2.24, 2.45) is 17.8 Å². The van der Waals surface area contributed by atoms with E-state index in [4.69, 9.17) is 21.0 Å². The lowest BCUT2D eigenvalue weighted by Gasteiger charge is -2.47. The Balaban J connectivity index is 1.26. The molecule has 2 aliphatic carbocycles. The van der Waals surface area contributed by atoms with E-state index in [1.54, 1.807) is 42.6 Å². The summed E-state index contributed by atoms with van der Waals surface area (Å²) in [6.45, 7) is 0.240. The molecule has 9 heteroatoms. The molecule has 2 heterocycles. The van der Waals surface area contributed by atoms with E-state index in [1.807, 2.05) is 54.6 Å². The standard InChI is InChI=1S/C38H33BClNO6/c40-32-20-26(42)15-13-23(32)18-24(33-12-6-7-17-41-33)14-16-34-35-25(22-46-27-8-2-1-3-9-27)19-30-36(31(35)21-39(45)47-34)38(44)29-11-5-4-10-28(29)37(30)43/h1-13,15,17-18,20,30-31,34,36,42,45H,14,16,19,21-22H2/b24-18-/t30-,31+,34-,36-/m1/s1. The van der Waals surface area contributed by atoms with Crippen molar-refractivity contribution >= 4 is 41.9 Å². The topological polar surface area (TPSA) is 106 Å². The lowest BCUT2D eigenvalue weighted by molar-refractivity contribution is 0.0593. The fourth-order valence-electron chi connectivity index (χ4n) is 7.42. The number of pyridine rings is 1. The number of phenols is 1. The van der Waals surface area contributed by atoms with Crippen molar-refractivity contribution in [1.29, 1.82) is 0 Å². The van der Waals surface area contributed by atoms with Crippen molar-refractivity contribution < 1.29 is 29.1 Å². The van der Waals surface area contributed by atoms with Crippen LogP contribution >= 0.6 is 11.6 Å². The molecule has 0 saturated carbocycles. The van der Waals surface area contributed by atoms with Gasteiger partial charge in [0, 0.05) is 29.2 Å². The molecule has 1 fully saturated rings. The number of halogens is 1. The number of ether oxygens (including phenoxy) is 1. The molecular formula is C38H33BClNO6. The highest BCUT2D eigenvalue weighted by atomic mass is 35.5. The third kappa shape index (κ3) is 6.29. The van der Waals surface area contributed by atoms with Crippen molar-refractivity contribution in [3.8, 4) is 11.5 Å². The molecule has 47 heavy (non-hydrogen) atoms. The molecule has 3 aliphatic rings. The van der Waals surface area contributed by atoms with Gasteiger partial charge in [-0.3, -0.25) is 14.6 Å². The molecule has 0 spiro atoms. The molecule has 2 N–H and O–H groups in total. The number of aromatic nitrogens is 1. The minimum absolute atomic E-state index is 0.0369. The fraction of sp³-hybridized carbons (Fsp3) is 0.237. The van der Waals surface area contributed by atoms with Crippen molar-refractivity contribution in [2.75, 3.05) is 6.61 Å². The van der Waals surface area contributed by atoms with Crippen molar-refractivity contribution in [3.63, 3.8) is 0 Å². The largest absolute Gasteiger partial charge is 0.508 e. The Morgan fingerprint density at radius 1 is 0.957 bits per heavy atom. The van der Waals surface area contributed by atoms with Crippen LogP contribution in [0.5, 0.6) is 11.5 Å². The summed E-state index contributed by atoms with van der Waals surface area (Å²) in [7, 11) is -1.10. The first kappa shape index (κ1) is 31.1. The molecule has 7 rings (SSSR count). The maximum atomic E-state index is 14.1. The number of Topliss-reactive ketones (excluding diaryl/α,β-unsaturated/α-hetero) is 2. The SMILES string of the molecule is O=C1c2ccccc2C(=O)[C@@H]2CC(COc3ccccc3)=C3[C@@H](CC/C(=C/c4ccc(O)cc4Cl)c4ccccn4)OB(O)C[C@@H]3[C@H]12. The quantitative estimate of drug-likeness (QED) is 0.152. The van der Waals surface area contributed by atoms with Crippen LogP contribution in [0.2, 0.25) is 11.3 Å². The molecule has 7 nitrogen and oxygen atoms in total. The van der Waals surface area contributed by atoms with Gasteiger partial charge in [0.2, 0.25) is 0 Å². The van der Waals surface area contributed by atoms with Gasteiger partial charge >= 0.3 is 7.12 Å². The van der Waals surface area contributed by atoms with Crippen LogP contribution in [0.3, 0.4) is 0 Å². The van der Waals surface area contributed by atoms with Crippen molar-refractivity contribution in [1.82, 2.24) is 4.98 Å². The van der Waals surface area contributed by atoms with E-state index in [9.17, 15) is 19.7 Å². The zero-order valence-electron chi connectivity index (χ0n) is 25.6. The van der Waals surface area contributed by atoms with Gasteiger partial charge in [-0.25, -0.2) is 0 Å². The first-order chi connectivity index (χ1) is 22.9. The van der Waals surface area contributed by atoms with Gasteiger partial charge in [-0.1, -0.05) is 60.1 Å². The second-order valence-electron chi connectivity index (χ2n) is 12.3. The maximum absolute atomic E-state index is 14.1. The molecule has 236 valence electrons. The zero-order valence-corrected chi connectivity index (χ0v) is 26.3. The van der Waals surface area contributed by atoms with Crippen LogP contribution in [0, 0.1) is 17.8 Å². The summed E-state index contributed by atoms with van der Waals surface area (Å²) < 4.78 is 12.5. The average Bonchev–Trinajstić information content (AvgIpc) is 3.09. The molecule has 0 bridgehead atoms. The number of phenolic OH excluding ortho intramolecular Hbond substituents is 1. The summed E-state index contributed by atoms with van der Waals surface area (Å²) in [4.78, 5) is 32.6. The maximum Gasteiger partial charge on any atom is 0.455 e. The molecule has 1 aromatic heterocycles. The fourth-order valence-corrected chi connectivity index (χ4v) is 7.65. The second kappa shape index (κ2) is 13.3. The Kier molecular flexibility index (Phi) is 8.82. The smallest absolute Gasteiger partial charge is 0.455 e.